The molecule has 0 fully saturated rings. The number of hydrogen-bond donors (Lipinski definition) is 3. The van der Waals surface area contributed by atoms with Crippen LogP contribution in [0.3, 0.4) is 0 Å². The molecule has 0 aromatic heterocycles. The molecule has 0 aliphatic heterocycles. The van der Waals surface area contributed by atoms with Crippen LogP contribution in [0.25, 0.3) is 0 Å². The van der Waals surface area contributed by atoms with Crippen LogP contribution < -0.4 is 5.73 Å². The lowest BCUT2D eigenvalue weighted by Gasteiger charge is -2.11. The summed E-state index contributed by atoms with van der Waals surface area (Å²) >= 11 is 0. The molecular weight excluding hydrogens is 182 g/mol. The second kappa shape index (κ2) is 4.76. The summed E-state index contributed by atoms with van der Waals surface area (Å²) in [5.41, 5.74) is 5.45. The molecule has 0 radical (unpaired) electrons. The molecule has 0 saturated heterocycles. The topological polar surface area (TPSA) is 101 Å². The first-order valence-electron chi connectivity index (χ1n) is 3.70. The molecule has 0 aromatic rings. The van der Waals surface area contributed by atoms with Crippen molar-refractivity contribution >= 4 is 10.1 Å². The van der Waals surface area contributed by atoms with Crippen LogP contribution >= 0.6 is 0 Å². The number of aliphatic hydroxyl groups excluding tert-OH is 1. The third-order valence-corrected chi connectivity index (χ3v) is 2.14. The second-order valence-corrected chi connectivity index (χ2v) is 4.49. The van der Waals surface area contributed by atoms with Gasteiger partial charge in [-0.05, 0) is 19.8 Å². The van der Waals surface area contributed by atoms with Gasteiger partial charge in [-0.1, -0.05) is 0 Å². The molecule has 0 amide bonds. The van der Waals surface area contributed by atoms with E-state index in [1.165, 1.54) is 0 Å². The first-order chi connectivity index (χ1) is 5.31. The Morgan fingerprint density at radius 2 is 2.00 bits per heavy atom. The molecule has 4 N–H and O–H groups in total. The van der Waals surface area contributed by atoms with E-state index in [0.29, 0.717) is 6.42 Å². The van der Waals surface area contributed by atoms with Gasteiger partial charge in [0.15, 0.2) is 0 Å². The van der Waals surface area contributed by atoms with Gasteiger partial charge in [-0.2, -0.15) is 8.42 Å². The zero-order valence-corrected chi connectivity index (χ0v) is 7.79. The number of aliphatic hydroxyl groups is 1. The van der Waals surface area contributed by atoms with Crippen molar-refractivity contribution in [1.29, 1.82) is 0 Å². The average Bonchev–Trinajstić information content (AvgIpc) is 1.80. The fourth-order valence-electron chi connectivity index (χ4n) is 0.856. The van der Waals surface area contributed by atoms with Gasteiger partial charge in [0.2, 0.25) is 0 Å². The smallest absolute Gasteiger partial charge is 0.264 e. The van der Waals surface area contributed by atoms with Crippen molar-refractivity contribution in [3.05, 3.63) is 0 Å². The largest absolute Gasteiger partial charge is 0.393 e. The Morgan fingerprint density at radius 1 is 1.50 bits per heavy atom. The summed E-state index contributed by atoms with van der Waals surface area (Å²) < 4.78 is 28.9. The minimum absolute atomic E-state index is 0.170. The van der Waals surface area contributed by atoms with Crippen molar-refractivity contribution in [2.75, 3.05) is 5.75 Å². The first kappa shape index (κ1) is 11.8. The Labute approximate surface area is 72.3 Å². The lowest BCUT2D eigenvalue weighted by Crippen LogP contribution is -2.27. The minimum atomic E-state index is -3.92. The molecule has 1 unspecified atom stereocenters. The van der Waals surface area contributed by atoms with E-state index >= 15 is 0 Å². The van der Waals surface area contributed by atoms with Crippen molar-refractivity contribution in [3.8, 4) is 0 Å². The summed E-state index contributed by atoms with van der Waals surface area (Å²) in [4.78, 5) is 0. The van der Waals surface area contributed by atoms with E-state index in [4.69, 9.17) is 15.4 Å². The number of hydrogen-bond acceptors (Lipinski definition) is 4. The summed E-state index contributed by atoms with van der Waals surface area (Å²) in [5, 5.41) is 8.86. The average molecular weight is 197 g/mol. The first-order valence-corrected chi connectivity index (χ1v) is 5.31. The normalized spacial score (nSPS) is 17.3. The third-order valence-electron chi connectivity index (χ3n) is 1.39. The lowest BCUT2D eigenvalue weighted by atomic mass is 10.1. The molecule has 0 aliphatic carbocycles. The molecule has 0 aromatic carbocycles. The standard InChI is InChI=1S/C6H15NO4S/c1-5(8)4-6(7)2-3-12(9,10)11/h5-6,8H,2-4,7H2,1H3,(H,9,10,11)/t5-,6?/m1/s1. The van der Waals surface area contributed by atoms with Gasteiger partial charge in [0.1, 0.15) is 0 Å². The van der Waals surface area contributed by atoms with Gasteiger partial charge < -0.3 is 10.8 Å². The van der Waals surface area contributed by atoms with Crippen molar-refractivity contribution in [2.45, 2.75) is 31.9 Å². The van der Waals surface area contributed by atoms with E-state index in [1.807, 2.05) is 0 Å². The van der Waals surface area contributed by atoms with E-state index in [2.05, 4.69) is 0 Å². The van der Waals surface area contributed by atoms with E-state index < -0.39 is 16.2 Å². The highest BCUT2D eigenvalue weighted by Gasteiger charge is 2.11. The molecule has 0 spiro atoms. The van der Waals surface area contributed by atoms with Crippen molar-refractivity contribution in [3.63, 3.8) is 0 Å². The van der Waals surface area contributed by atoms with Crippen LogP contribution in [0.4, 0.5) is 0 Å². The zero-order valence-electron chi connectivity index (χ0n) is 6.97. The molecule has 2 atom stereocenters. The van der Waals surface area contributed by atoms with Crippen molar-refractivity contribution in [2.24, 2.45) is 5.73 Å². The van der Waals surface area contributed by atoms with Gasteiger partial charge >= 0.3 is 0 Å². The van der Waals surface area contributed by atoms with Gasteiger partial charge in [-0.15, -0.1) is 0 Å². The maximum Gasteiger partial charge on any atom is 0.264 e. The maximum atomic E-state index is 10.3. The number of nitrogens with two attached hydrogens (primary N) is 1. The van der Waals surface area contributed by atoms with Gasteiger partial charge in [0.05, 0.1) is 11.9 Å². The molecule has 12 heavy (non-hydrogen) atoms. The van der Waals surface area contributed by atoms with Crippen molar-refractivity contribution < 1.29 is 18.1 Å². The summed E-state index contributed by atoms with van der Waals surface area (Å²) in [6.45, 7) is 1.58. The highest BCUT2D eigenvalue weighted by Crippen LogP contribution is 2.01. The SMILES string of the molecule is C[C@@H](O)CC(N)CCS(=O)(=O)O. The van der Waals surface area contributed by atoms with E-state index in [-0.39, 0.29) is 18.2 Å². The van der Waals surface area contributed by atoms with Gasteiger partial charge in [-0.25, -0.2) is 0 Å². The van der Waals surface area contributed by atoms with Crippen LogP contribution in [0.1, 0.15) is 19.8 Å². The fraction of sp³-hybridized carbons (Fsp3) is 1.00. The Morgan fingerprint density at radius 3 is 2.33 bits per heavy atom. The zero-order chi connectivity index (χ0) is 9.78. The Hall–Kier alpha value is -0.170. The van der Waals surface area contributed by atoms with Crippen LogP contribution in [0.5, 0.6) is 0 Å². The molecule has 0 bridgehead atoms. The highest BCUT2D eigenvalue weighted by atomic mass is 32.2. The Balaban J connectivity index is 3.65. The number of rotatable bonds is 5. The minimum Gasteiger partial charge on any atom is -0.393 e. The Kier molecular flexibility index (Phi) is 4.69. The quantitative estimate of drug-likeness (QED) is 0.509. The third kappa shape index (κ3) is 7.93. The van der Waals surface area contributed by atoms with Gasteiger partial charge in [-0.3, -0.25) is 4.55 Å². The second-order valence-electron chi connectivity index (χ2n) is 2.92. The molecule has 5 nitrogen and oxygen atoms in total. The monoisotopic (exact) mass is 197 g/mol. The predicted molar refractivity (Wildman–Crippen MR) is 45.3 cm³/mol. The molecule has 0 saturated carbocycles. The fourth-order valence-corrected chi connectivity index (χ4v) is 1.46. The highest BCUT2D eigenvalue weighted by molar-refractivity contribution is 7.85. The molecule has 0 rings (SSSR count). The van der Waals surface area contributed by atoms with Crippen LogP contribution in [-0.4, -0.2) is 36.0 Å². The maximum absolute atomic E-state index is 10.3. The van der Waals surface area contributed by atoms with Crippen LogP contribution in [0.15, 0.2) is 0 Å². The van der Waals surface area contributed by atoms with E-state index in [9.17, 15) is 8.42 Å². The summed E-state index contributed by atoms with van der Waals surface area (Å²) in [6, 6.07) is -0.382. The summed E-state index contributed by atoms with van der Waals surface area (Å²) in [5.74, 6) is -0.346. The van der Waals surface area contributed by atoms with E-state index in [0.717, 1.165) is 0 Å². The molecular formula is C6H15NO4S. The summed E-state index contributed by atoms with van der Waals surface area (Å²) in [7, 11) is -3.92. The molecule has 6 heteroatoms. The molecule has 74 valence electrons. The molecule has 0 heterocycles. The van der Waals surface area contributed by atoms with Crippen molar-refractivity contribution in [1.82, 2.24) is 0 Å². The van der Waals surface area contributed by atoms with Crippen LogP contribution in [-0.2, 0) is 10.1 Å². The van der Waals surface area contributed by atoms with E-state index in [1.54, 1.807) is 6.92 Å². The molecule has 0 aliphatic rings. The summed E-state index contributed by atoms with van der Waals surface area (Å²) in [6.07, 6.45) is -0.0272. The van der Waals surface area contributed by atoms with Gasteiger partial charge in [0, 0.05) is 6.04 Å². The van der Waals surface area contributed by atoms with Crippen LogP contribution in [0.2, 0.25) is 0 Å². The van der Waals surface area contributed by atoms with Gasteiger partial charge in [0.25, 0.3) is 10.1 Å². The lowest BCUT2D eigenvalue weighted by molar-refractivity contribution is 0.174. The van der Waals surface area contributed by atoms with Crippen LogP contribution in [0, 0.1) is 0 Å². The predicted octanol–water partition coefficient (Wildman–Crippen LogP) is -0.637. The Bertz CT molecular complexity index is 212.